The summed E-state index contributed by atoms with van der Waals surface area (Å²) in [5.74, 6) is 0.759. The molecule has 1 unspecified atom stereocenters. The third-order valence-electron chi connectivity index (χ3n) is 5.46. The van der Waals surface area contributed by atoms with E-state index < -0.39 is 0 Å². The summed E-state index contributed by atoms with van der Waals surface area (Å²) in [6.07, 6.45) is 3.22. The van der Waals surface area contributed by atoms with Crippen molar-refractivity contribution < 1.29 is 9.53 Å². The SMILES string of the molecule is CN(CC(c1cccs1)N1CCOCC1)C(=O)[C@@H]1CCC[C@@H]1CN.Cl.Cl. The van der Waals surface area contributed by atoms with Crippen molar-refractivity contribution in [1.29, 1.82) is 0 Å². The van der Waals surface area contributed by atoms with E-state index in [1.807, 2.05) is 11.9 Å². The number of hydrogen-bond acceptors (Lipinski definition) is 5. The number of ether oxygens (including phenoxy) is 1. The van der Waals surface area contributed by atoms with Gasteiger partial charge in [-0.25, -0.2) is 0 Å². The smallest absolute Gasteiger partial charge is 0.225 e. The highest BCUT2D eigenvalue weighted by Gasteiger charge is 2.35. The van der Waals surface area contributed by atoms with Crippen LogP contribution in [0.1, 0.15) is 30.2 Å². The largest absolute Gasteiger partial charge is 0.379 e. The van der Waals surface area contributed by atoms with Crippen LogP contribution < -0.4 is 5.73 Å². The number of carbonyl (C=O) groups is 1. The van der Waals surface area contributed by atoms with Crippen LogP contribution in [0.4, 0.5) is 0 Å². The second-order valence-corrected chi connectivity index (χ2v) is 7.91. The first kappa shape index (κ1) is 23.7. The Balaban J connectivity index is 0.00000169. The van der Waals surface area contributed by atoms with Crippen molar-refractivity contribution in [3.8, 4) is 0 Å². The molecule has 8 heteroatoms. The molecule has 0 radical (unpaired) electrons. The van der Waals surface area contributed by atoms with Gasteiger partial charge in [0, 0.05) is 37.5 Å². The fourth-order valence-electron chi connectivity index (χ4n) is 4.03. The lowest BCUT2D eigenvalue weighted by atomic mass is 9.94. The minimum Gasteiger partial charge on any atom is -0.379 e. The third-order valence-corrected chi connectivity index (χ3v) is 6.43. The summed E-state index contributed by atoms with van der Waals surface area (Å²) in [6, 6.07) is 4.54. The standard InChI is InChI=1S/C18H29N3O2S.2ClH/c1-20(18(22)15-5-2-4-14(15)12-19)13-16(17-6-3-11-24-17)21-7-9-23-10-8-21;;/h3,6,11,14-16H,2,4-5,7-10,12-13,19H2,1H3;2*1H/t14-,15-,16?;;/m1../s1. The highest BCUT2D eigenvalue weighted by atomic mass is 35.5. The van der Waals surface area contributed by atoms with E-state index >= 15 is 0 Å². The summed E-state index contributed by atoms with van der Waals surface area (Å²) < 4.78 is 5.50. The maximum Gasteiger partial charge on any atom is 0.225 e. The molecular weight excluding hydrogens is 393 g/mol. The lowest BCUT2D eigenvalue weighted by Gasteiger charge is -2.37. The van der Waals surface area contributed by atoms with E-state index in [-0.39, 0.29) is 42.7 Å². The zero-order valence-electron chi connectivity index (χ0n) is 15.3. The Labute approximate surface area is 173 Å². The van der Waals surface area contributed by atoms with Crippen LogP contribution in [0.3, 0.4) is 0 Å². The van der Waals surface area contributed by atoms with Crippen molar-refractivity contribution in [2.24, 2.45) is 17.6 Å². The first-order chi connectivity index (χ1) is 11.7. The second kappa shape index (κ2) is 11.5. The van der Waals surface area contributed by atoms with Gasteiger partial charge in [0.25, 0.3) is 0 Å². The Hall–Kier alpha value is -0.370. The molecule has 1 aliphatic heterocycles. The van der Waals surface area contributed by atoms with Gasteiger partial charge in [0.2, 0.25) is 5.91 Å². The van der Waals surface area contributed by atoms with E-state index in [0.29, 0.717) is 12.5 Å². The van der Waals surface area contributed by atoms with Crippen molar-refractivity contribution >= 4 is 42.1 Å². The normalized spacial score (nSPS) is 24.4. The summed E-state index contributed by atoms with van der Waals surface area (Å²) in [4.78, 5) is 18.7. The molecule has 3 rings (SSSR count). The number of thiophene rings is 1. The van der Waals surface area contributed by atoms with Gasteiger partial charge < -0.3 is 15.4 Å². The number of nitrogens with two attached hydrogens (primary N) is 1. The molecule has 2 heterocycles. The van der Waals surface area contributed by atoms with Gasteiger partial charge in [-0.3, -0.25) is 9.69 Å². The molecule has 1 saturated carbocycles. The van der Waals surface area contributed by atoms with Crippen LogP contribution in [0.15, 0.2) is 17.5 Å². The van der Waals surface area contributed by atoms with Gasteiger partial charge in [-0.1, -0.05) is 12.5 Å². The first-order valence-corrected chi connectivity index (χ1v) is 9.89. The number of nitrogens with zero attached hydrogens (tertiary/aromatic N) is 2. The van der Waals surface area contributed by atoms with Crippen LogP contribution in [-0.2, 0) is 9.53 Å². The molecule has 0 aromatic carbocycles. The van der Waals surface area contributed by atoms with Gasteiger partial charge in [0.05, 0.1) is 19.3 Å². The van der Waals surface area contributed by atoms with Crippen molar-refractivity contribution in [3.63, 3.8) is 0 Å². The van der Waals surface area contributed by atoms with Crippen LogP contribution in [0.25, 0.3) is 0 Å². The monoisotopic (exact) mass is 423 g/mol. The number of halogens is 2. The van der Waals surface area contributed by atoms with Crippen LogP contribution in [-0.4, -0.2) is 62.1 Å². The summed E-state index contributed by atoms with van der Waals surface area (Å²) in [7, 11) is 1.95. The van der Waals surface area contributed by atoms with Gasteiger partial charge >= 0.3 is 0 Å². The molecule has 150 valence electrons. The lowest BCUT2D eigenvalue weighted by molar-refractivity contribution is -0.136. The van der Waals surface area contributed by atoms with Crippen molar-refractivity contribution in [2.75, 3.05) is 46.4 Å². The Morgan fingerprint density at radius 2 is 2.12 bits per heavy atom. The topological polar surface area (TPSA) is 58.8 Å². The fourth-order valence-corrected chi connectivity index (χ4v) is 4.88. The summed E-state index contributed by atoms with van der Waals surface area (Å²) >= 11 is 1.78. The Morgan fingerprint density at radius 3 is 2.73 bits per heavy atom. The number of hydrogen-bond donors (Lipinski definition) is 1. The maximum atomic E-state index is 12.9. The number of rotatable bonds is 6. The molecule has 3 atom stereocenters. The fraction of sp³-hybridized carbons (Fsp3) is 0.722. The molecule has 2 N–H and O–H groups in total. The van der Waals surface area contributed by atoms with Gasteiger partial charge in [0.15, 0.2) is 0 Å². The van der Waals surface area contributed by atoms with Crippen molar-refractivity contribution in [1.82, 2.24) is 9.80 Å². The molecule has 26 heavy (non-hydrogen) atoms. The van der Waals surface area contributed by atoms with Gasteiger partial charge in [0.1, 0.15) is 0 Å². The van der Waals surface area contributed by atoms with Crippen molar-refractivity contribution in [2.45, 2.75) is 25.3 Å². The minimum absolute atomic E-state index is 0. The predicted octanol–water partition coefficient (Wildman–Crippen LogP) is 2.80. The summed E-state index contributed by atoms with van der Waals surface area (Å²) in [5.41, 5.74) is 5.87. The number of carbonyl (C=O) groups excluding carboxylic acids is 1. The molecule has 0 spiro atoms. The van der Waals surface area contributed by atoms with Gasteiger partial charge in [-0.2, -0.15) is 0 Å². The van der Waals surface area contributed by atoms with Crippen molar-refractivity contribution in [3.05, 3.63) is 22.4 Å². The van der Waals surface area contributed by atoms with Crippen LogP contribution in [0.2, 0.25) is 0 Å². The zero-order chi connectivity index (χ0) is 16.9. The molecule has 1 aromatic rings. The first-order valence-electron chi connectivity index (χ1n) is 9.01. The molecule has 1 aliphatic carbocycles. The molecule has 1 amide bonds. The summed E-state index contributed by atoms with van der Waals surface area (Å²) in [6.45, 7) is 4.78. The second-order valence-electron chi connectivity index (χ2n) is 6.93. The van der Waals surface area contributed by atoms with E-state index in [1.54, 1.807) is 11.3 Å². The Morgan fingerprint density at radius 1 is 1.38 bits per heavy atom. The average molecular weight is 424 g/mol. The predicted molar refractivity (Wildman–Crippen MR) is 111 cm³/mol. The van der Waals surface area contributed by atoms with E-state index in [2.05, 4.69) is 22.4 Å². The molecule has 5 nitrogen and oxygen atoms in total. The average Bonchev–Trinajstić information content (AvgIpc) is 3.30. The maximum absolute atomic E-state index is 12.9. The lowest BCUT2D eigenvalue weighted by Crippen LogP contribution is -2.45. The van der Waals surface area contributed by atoms with E-state index in [4.69, 9.17) is 10.5 Å². The van der Waals surface area contributed by atoms with E-state index in [0.717, 1.165) is 52.1 Å². The highest BCUT2D eigenvalue weighted by Crippen LogP contribution is 2.33. The molecular formula is C18H31Cl2N3O2S. The van der Waals surface area contributed by atoms with Crippen LogP contribution in [0, 0.1) is 11.8 Å². The molecule has 0 bridgehead atoms. The Kier molecular flexibility index (Phi) is 10.4. The third kappa shape index (κ3) is 5.57. The van der Waals surface area contributed by atoms with Gasteiger partial charge in [-0.15, -0.1) is 36.2 Å². The zero-order valence-corrected chi connectivity index (χ0v) is 17.8. The van der Waals surface area contributed by atoms with Crippen LogP contribution >= 0.6 is 36.2 Å². The molecule has 1 aromatic heterocycles. The van der Waals surface area contributed by atoms with Crippen LogP contribution in [0.5, 0.6) is 0 Å². The highest BCUT2D eigenvalue weighted by molar-refractivity contribution is 7.10. The number of morpholine rings is 1. The van der Waals surface area contributed by atoms with E-state index in [9.17, 15) is 4.79 Å². The molecule has 1 saturated heterocycles. The van der Waals surface area contributed by atoms with E-state index in [1.165, 1.54) is 4.88 Å². The van der Waals surface area contributed by atoms with Gasteiger partial charge in [-0.05, 0) is 36.8 Å². The Bertz CT molecular complexity index is 527. The number of amides is 1. The number of likely N-dealkylation sites (N-methyl/N-ethyl adjacent to an activating group) is 1. The summed E-state index contributed by atoms with van der Waals surface area (Å²) in [5, 5.41) is 2.12. The molecule has 2 fully saturated rings. The quantitative estimate of drug-likeness (QED) is 0.763. The minimum atomic E-state index is 0. The molecule has 2 aliphatic rings.